The van der Waals surface area contributed by atoms with Gasteiger partial charge in [-0.15, -0.1) is 0 Å². The SMILES string of the molecule is Cc1cc(OC(=O)[C@H](c2ccccc2)N2C(=O)[C@@H]3[C@H]4C=C[C@@H]([C@@H]5C[C@H]45)[C@@H]3C2=O)ccc1Cl. The quantitative estimate of drug-likeness (QED) is 0.302. The van der Waals surface area contributed by atoms with E-state index in [1.165, 1.54) is 4.90 Å². The van der Waals surface area contributed by atoms with Gasteiger partial charge in [-0.05, 0) is 66.3 Å². The van der Waals surface area contributed by atoms with Gasteiger partial charge in [0.2, 0.25) is 11.8 Å². The number of imide groups is 1. The van der Waals surface area contributed by atoms with E-state index >= 15 is 0 Å². The molecule has 7 rings (SSSR count). The van der Waals surface area contributed by atoms with E-state index in [4.69, 9.17) is 16.3 Å². The Hall–Kier alpha value is -2.92. The van der Waals surface area contributed by atoms with E-state index < -0.39 is 12.0 Å². The molecule has 0 radical (unpaired) electrons. The number of benzene rings is 2. The van der Waals surface area contributed by atoms with E-state index in [2.05, 4.69) is 12.2 Å². The van der Waals surface area contributed by atoms with E-state index in [0.717, 1.165) is 12.0 Å². The molecule has 5 aliphatic rings. The number of carbonyl (C=O) groups is 3. The molecule has 4 aliphatic carbocycles. The van der Waals surface area contributed by atoms with E-state index in [0.29, 0.717) is 28.2 Å². The lowest BCUT2D eigenvalue weighted by molar-refractivity contribution is -0.154. The number of carbonyl (C=O) groups excluding carboxylic acids is 3. The predicted octanol–water partition coefficient (Wildman–Crippen LogP) is 4.35. The number of likely N-dealkylation sites (tertiary alicyclic amines) is 1. The Morgan fingerprint density at radius 3 is 2.22 bits per heavy atom. The second-order valence-corrected chi connectivity index (χ2v) is 9.75. The fraction of sp³-hybridized carbons (Fsp3) is 0.346. The zero-order chi connectivity index (χ0) is 22.1. The van der Waals surface area contributed by atoms with Gasteiger partial charge in [-0.1, -0.05) is 54.1 Å². The number of nitrogens with zero attached hydrogens (tertiary/aromatic N) is 1. The number of rotatable bonds is 4. The first-order valence-electron chi connectivity index (χ1n) is 11.0. The summed E-state index contributed by atoms with van der Waals surface area (Å²) in [5, 5.41) is 0.569. The summed E-state index contributed by atoms with van der Waals surface area (Å²) in [4.78, 5) is 41.9. The first-order valence-corrected chi connectivity index (χ1v) is 11.4. The zero-order valence-corrected chi connectivity index (χ0v) is 18.2. The Morgan fingerprint density at radius 1 is 1.00 bits per heavy atom. The van der Waals surface area contributed by atoms with Gasteiger partial charge < -0.3 is 4.74 Å². The van der Waals surface area contributed by atoms with Crippen LogP contribution in [-0.4, -0.2) is 22.7 Å². The smallest absolute Gasteiger partial charge is 0.339 e. The Labute approximate surface area is 191 Å². The molecule has 2 amide bonds. The summed E-state index contributed by atoms with van der Waals surface area (Å²) in [6, 6.07) is 12.8. The Bertz CT molecular complexity index is 1140. The molecule has 0 N–H and O–H groups in total. The molecular weight excluding hydrogens is 426 g/mol. The molecule has 1 heterocycles. The maximum absolute atomic E-state index is 13.6. The molecule has 6 heteroatoms. The lowest BCUT2D eigenvalue weighted by Gasteiger charge is -2.37. The Balaban J connectivity index is 1.37. The highest BCUT2D eigenvalue weighted by atomic mass is 35.5. The second kappa shape index (κ2) is 7.04. The summed E-state index contributed by atoms with van der Waals surface area (Å²) in [6.07, 6.45) is 5.35. The first-order chi connectivity index (χ1) is 15.5. The van der Waals surface area contributed by atoms with Crippen LogP contribution in [0.5, 0.6) is 5.75 Å². The van der Waals surface area contributed by atoms with Gasteiger partial charge in [-0.2, -0.15) is 0 Å². The highest BCUT2D eigenvalue weighted by Gasteiger charge is 2.68. The minimum atomic E-state index is -1.12. The van der Waals surface area contributed by atoms with Crippen molar-refractivity contribution in [2.75, 3.05) is 0 Å². The lowest BCUT2D eigenvalue weighted by atomic mass is 9.63. The van der Waals surface area contributed by atoms with Crippen LogP contribution in [0, 0.1) is 42.4 Å². The molecule has 0 aromatic heterocycles. The molecule has 0 spiro atoms. The summed E-state index contributed by atoms with van der Waals surface area (Å²) < 4.78 is 5.67. The van der Waals surface area contributed by atoms with Gasteiger partial charge in [0.05, 0.1) is 11.8 Å². The van der Waals surface area contributed by atoms with Crippen molar-refractivity contribution in [2.45, 2.75) is 19.4 Å². The molecule has 3 fully saturated rings. The van der Waals surface area contributed by atoms with E-state index in [1.54, 1.807) is 42.5 Å². The van der Waals surface area contributed by atoms with Crippen molar-refractivity contribution < 1.29 is 19.1 Å². The minimum absolute atomic E-state index is 0.0998. The Morgan fingerprint density at radius 2 is 1.62 bits per heavy atom. The number of amides is 2. The third-order valence-electron chi connectivity index (χ3n) is 7.64. The van der Waals surface area contributed by atoms with Crippen LogP contribution in [0.1, 0.15) is 23.6 Å². The number of halogens is 1. The van der Waals surface area contributed by atoms with Crippen LogP contribution in [0.3, 0.4) is 0 Å². The van der Waals surface area contributed by atoms with Gasteiger partial charge in [0.25, 0.3) is 0 Å². The van der Waals surface area contributed by atoms with Crippen molar-refractivity contribution in [1.82, 2.24) is 4.90 Å². The molecule has 1 saturated heterocycles. The molecule has 32 heavy (non-hydrogen) atoms. The average Bonchev–Trinajstić information content (AvgIpc) is 3.57. The average molecular weight is 448 g/mol. The molecular formula is C26H22ClNO4. The largest absolute Gasteiger partial charge is 0.425 e. The van der Waals surface area contributed by atoms with Gasteiger partial charge in [0.1, 0.15) is 5.75 Å². The van der Waals surface area contributed by atoms with Crippen LogP contribution < -0.4 is 4.74 Å². The van der Waals surface area contributed by atoms with Gasteiger partial charge in [-0.25, -0.2) is 4.79 Å². The molecule has 1 aliphatic heterocycles. The standard InChI is InChI=1S/C26H22ClNO4/c1-13-11-15(7-10-20(13)27)32-26(31)23(14-5-3-2-4-6-14)28-24(29)21-16-8-9-17(19-12-18(16)19)22(21)25(28)30/h2-11,16-19,21-23H,12H2,1H3/t16-,17-,18-,19+,21-,22+,23-/m0/s1. The maximum Gasteiger partial charge on any atom is 0.339 e. The second-order valence-electron chi connectivity index (χ2n) is 9.35. The predicted molar refractivity (Wildman–Crippen MR) is 118 cm³/mol. The van der Waals surface area contributed by atoms with Crippen molar-refractivity contribution >= 4 is 29.4 Å². The number of esters is 1. The first kappa shape index (κ1) is 19.7. The van der Waals surface area contributed by atoms with Crippen molar-refractivity contribution in [2.24, 2.45) is 35.5 Å². The van der Waals surface area contributed by atoms with Crippen molar-refractivity contribution in [3.05, 3.63) is 76.8 Å². The molecule has 2 saturated carbocycles. The highest BCUT2D eigenvalue weighted by molar-refractivity contribution is 6.31. The maximum atomic E-state index is 13.6. The van der Waals surface area contributed by atoms with E-state index in [-0.39, 0.29) is 35.5 Å². The molecule has 5 nitrogen and oxygen atoms in total. The number of allylic oxidation sites excluding steroid dienone is 2. The van der Waals surface area contributed by atoms with Gasteiger partial charge in [0.15, 0.2) is 6.04 Å². The molecule has 2 aromatic carbocycles. The molecule has 2 bridgehead atoms. The topological polar surface area (TPSA) is 63.7 Å². The number of ether oxygens (including phenoxy) is 1. The van der Waals surface area contributed by atoms with Crippen molar-refractivity contribution in [3.63, 3.8) is 0 Å². The Kier molecular flexibility index (Phi) is 4.34. The fourth-order valence-electron chi connectivity index (χ4n) is 6.11. The molecule has 0 unspecified atom stereocenters. The number of aryl methyl sites for hydroxylation is 1. The third-order valence-corrected chi connectivity index (χ3v) is 8.07. The zero-order valence-electron chi connectivity index (χ0n) is 17.5. The number of hydrogen-bond acceptors (Lipinski definition) is 4. The summed E-state index contributed by atoms with van der Waals surface area (Å²) in [6.45, 7) is 1.82. The van der Waals surface area contributed by atoms with Gasteiger partial charge >= 0.3 is 5.97 Å². The van der Waals surface area contributed by atoms with Crippen LogP contribution in [0.2, 0.25) is 5.02 Å². The van der Waals surface area contributed by atoms with Crippen LogP contribution >= 0.6 is 11.6 Å². The van der Waals surface area contributed by atoms with E-state index in [1.807, 2.05) is 13.0 Å². The number of hydrogen-bond donors (Lipinski definition) is 0. The molecule has 162 valence electrons. The third kappa shape index (κ3) is 2.80. The van der Waals surface area contributed by atoms with Crippen LogP contribution in [-0.2, 0) is 14.4 Å². The summed E-state index contributed by atoms with van der Waals surface area (Å²) in [5.74, 6) is -0.336. The van der Waals surface area contributed by atoms with Gasteiger partial charge in [0, 0.05) is 5.02 Å². The lowest BCUT2D eigenvalue weighted by Crippen LogP contribution is -2.41. The summed E-state index contributed by atoms with van der Waals surface area (Å²) in [5.41, 5.74) is 1.34. The van der Waals surface area contributed by atoms with E-state index in [9.17, 15) is 14.4 Å². The van der Waals surface area contributed by atoms with Crippen molar-refractivity contribution in [3.8, 4) is 5.75 Å². The molecule has 2 aromatic rings. The molecule has 7 atom stereocenters. The van der Waals surface area contributed by atoms with Crippen molar-refractivity contribution in [1.29, 1.82) is 0 Å². The van der Waals surface area contributed by atoms with Gasteiger partial charge in [-0.3, -0.25) is 14.5 Å². The summed E-state index contributed by atoms with van der Waals surface area (Å²) in [7, 11) is 0. The highest BCUT2D eigenvalue weighted by Crippen LogP contribution is 2.65. The normalized spacial score (nSPS) is 32.5. The monoisotopic (exact) mass is 447 g/mol. The van der Waals surface area contributed by atoms with Crippen LogP contribution in [0.25, 0.3) is 0 Å². The fourth-order valence-corrected chi connectivity index (χ4v) is 6.23. The van der Waals surface area contributed by atoms with Crippen LogP contribution in [0.15, 0.2) is 60.7 Å². The summed E-state index contributed by atoms with van der Waals surface area (Å²) >= 11 is 6.09. The minimum Gasteiger partial charge on any atom is -0.425 e. The van der Waals surface area contributed by atoms with Crippen LogP contribution in [0.4, 0.5) is 0 Å².